The van der Waals surface area contributed by atoms with Gasteiger partial charge in [0.05, 0.1) is 0 Å². The third-order valence-electron chi connectivity index (χ3n) is 6.32. The molecule has 26 heavy (non-hydrogen) atoms. The molecule has 0 aromatic heterocycles. The molecule has 1 saturated heterocycles. The van der Waals surface area contributed by atoms with Gasteiger partial charge < -0.3 is 10.2 Å². The lowest BCUT2D eigenvalue weighted by molar-refractivity contribution is -0.139. The number of hydrogen-bond acceptors (Lipinski definition) is 2. The van der Waals surface area contributed by atoms with Crippen molar-refractivity contribution in [2.75, 3.05) is 18.4 Å². The largest absolute Gasteiger partial charge is 0.342 e. The van der Waals surface area contributed by atoms with E-state index >= 15 is 0 Å². The molecule has 1 aliphatic carbocycles. The van der Waals surface area contributed by atoms with Crippen molar-refractivity contribution in [2.45, 2.75) is 59.3 Å². The van der Waals surface area contributed by atoms with Crippen molar-refractivity contribution < 1.29 is 9.59 Å². The van der Waals surface area contributed by atoms with Crippen molar-refractivity contribution in [3.05, 3.63) is 29.3 Å². The number of piperidine rings is 1. The van der Waals surface area contributed by atoms with Gasteiger partial charge in [-0.25, -0.2) is 0 Å². The molecule has 0 radical (unpaired) electrons. The lowest BCUT2D eigenvalue weighted by Crippen LogP contribution is -2.42. The summed E-state index contributed by atoms with van der Waals surface area (Å²) in [5.41, 5.74) is 3.29. The fraction of sp³-hybridized carbons (Fsp3) is 0.636. The second-order valence-corrected chi connectivity index (χ2v) is 8.34. The van der Waals surface area contributed by atoms with Crippen LogP contribution in [-0.2, 0) is 9.59 Å². The van der Waals surface area contributed by atoms with Crippen molar-refractivity contribution >= 4 is 17.5 Å². The minimum atomic E-state index is 0.0297. The molecule has 0 bridgehead atoms. The van der Waals surface area contributed by atoms with Gasteiger partial charge in [-0.2, -0.15) is 0 Å². The molecule has 0 unspecified atom stereocenters. The van der Waals surface area contributed by atoms with Crippen molar-refractivity contribution in [1.29, 1.82) is 0 Å². The Hall–Kier alpha value is -1.84. The molecule has 1 aliphatic heterocycles. The van der Waals surface area contributed by atoms with Crippen LogP contribution >= 0.6 is 0 Å². The van der Waals surface area contributed by atoms with Gasteiger partial charge in [-0.15, -0.1) is 0 Å². The molecular weight excluding hydrogens is 324 g/mol. The molecular formula is C22H32N2O2. The number of nitrogens with zero attached hydrogens (tertiary/aromatic N) is 1. The van der Waals surface area contributed by atoms with Gasteiger partial charge in [0, 0.05) is 30.6 Å². The normalized spacial score (nSPS) is 24.3. The van der Waals surface area contributed by atoms with Gasteiger partial charge >= 0.3 is 0 Å². The van der Waals surface area contributed by atoms with E-state index in [1.807, 2.05) is 18.2 Å². The summed E-state index contributed by atoms with van der Waals surface area (Å²) in [6.45, 7) is 8.22. The average Bonchev–Trinajstić information content (AvgIpc) is 2.65. The molecule has 4 nitrogen and oxygen atoms in total. The number of anilines is 1. The Morgan fingerprint density at radius 2 is 1.54 bits per heavy atom. The highest BCUT2D eigenvalue weighted by Gasteiger charge is 2.33. The van der Waals surface area contributed by atoms with Crippen LogP contribution in [0, 0.1) is 31.6 Å². The highest BCUT2D eigenvalue weighted by atomic mass is 16.2. The number of amides is 2. The van der Waals surface area contributed by atoms with Gasteiger partial charge in [-0.05, 0) is 81.5 Å². The van der Waals surface area contributed by atoms with E-state index < -0.39 is 0 Å². The zero-order valence-electron chi connectivity index (χ0n) is 16.4. The maximum absolute atomic E-state index is 12.7. The molecule has 4 heteroatoms. The van der Waals surface area contributed by atoms with E-state index in [0.29, 0.717) is 5.91 Å². The molecule has 2 aliphatic rings. The third kappa shape index (κ3) is 4.46. The number of rotatable bonds is 3. The highest BCUT2D eigenvalue weighted by Crippen LogP contribution is 2.32. The fourth-order valence-corrected chi connectivity index (χ4v) is 4.15. The molecule has 1 saturated carbocycles. The zero-order valence-corrected chi connectivity index (χ0v) is 16.4. The van der Waals surface area contributed by atoms with Crippen molar-refractivity contribution in [1.82, 2.24) is 4.90 Å². The quantitative estimate of drug-likeness (QED) is 0.877. The summed E-state index contributed by atoms with van der Waals surface area (Å²) >= 11 is 0. The van der Waals surface area contributed by atoms with Gasteiger partial charge in [0.2, 0.25) is 11.8 Å². The Morgan fingerprint density at radius 1 is 0.923 bits per heavy atom. The number of nitrogens with one attached hydrogen (secondary N) is 1. The summed E-state index contributed by atoms with van der Waals surface area (Å²) in [6, 6.07) is 6.03. The van der Waals surface area contributed by atoms with Gasteiger partial charge in [0.1, 0.15) is 0 Å². The Labute approximate surface area is 157 Å². The lowest BCUT2D eigenvalue weighted by Gasteiger charge is -2.35. The van der Waals surface area contributed by atoms with Crippen LogP contribution in [0.25, 0.3) is 0 Å². The second kappa shape index (κ2) is 8.24. The molecule has 3 rings (SSSR count). The second-order valence-electron chi connectivity index (χ2n) is 8.34. The van der Waals surface area contributed by atoms with Crippen LogP contribution in [0.1, 0.15) is 56.6 Å². The minimum Gasteiger partial charge on any atom is -0.342 e. The summed E-state index contributed by atoms with van der Waals surface area (Å²) in [6.07, 6.45) is 5.57. The Balaban J connectivity index is 1.49. The SMILES string of the molecule is Cc1ccc(NC(=O)C2CCC(C(=O)N3CCC(C)CC3)CC2)cc1C. The summed E-state index contributed by atoms with van der Waals surface area (Å²) in [5, 5.41) is 3.06. The number of benzene rings is 1. The number of aryl methyl sites for hydroxylation is 2. The van der Waals surface area contributed by atoms with Gasteiger partial charge in [0.25, 0.3) is 0 Å². The van der Waals surface area contributed by atoms with E-state index in [4.69, 9.17) is 0 Å². The molecule has 0 atom stereocenters. The summed E-state index contributed by atoms with van der Waals surface area (Å²) in [7, 11) is 0. The van der Waals surface area contributed by atoms with Gasteiger partial charge in [-0.1, -0.05) is 13.0 Å². The Kier molecular flexibility index (Phi) is 6.00. The van der Waals surface area contributed by atoms with E-state index in [9.17, 15) is 9.59 Å². The standard InChI is InChI=1S/C22H32N2O2/c1-15-10-12-24(13-11-15)22(26)19-7-5-18(6-8-19)21(25)23-20-9-4-16(2)17(3)14-20/h4,9,14-15,18-19H,5-8,10-13H2,1-3H3,(H,23,25). The van der Waals surface area contributed by atoms with Gasteiger partial charge in [0.15, 0.2) is 0 Å². The monoisotopic (exact) mass is 356 g/mol. The fourth-order valence-electron chi connectivity index (χ4n) is 4.15. The average molecular weight is 357 g/mol. The van der Waals surface area contributed by atoms with Crippen LogP contribution < -0.4 is 5.32 Å². The topological polar surface area (TPSA) is 49.4 Å². The molecule has 1 heterocycles. The van der Waals surface area contributed by atoms with E-state index in [1.165, 1.54) is 11.1 Å². The van der Waals surface area contributed by atoms with Crippen LogP contribution in [-0.4, -0.2) is 29.8 Å². The maximum Gasteiger partial charge on any atom is 0.227 e. The molecule has 0 spiro atoms. The number of carbonyl (C=O) groups is 2. The molecule has 1 N–H and O–H groups in total. The number of carbonyl (C=O) groups excluding carboxylic acids is 2. The third-order valence-corrected chi connectivity index (χ3v) is 6.32. The van der Waals surface area contributed by atoms with Crippen molar-refractivity contribution in [3.8, 4) is 0 Å². The van der Waals surface area contributed by atoms with Crippen LogP contribution in [0.2, 0.25) is 0 Å². The maximum atomic E-state index is 12.7. The van der Waals surface area contributed by atoms with E-state index in [2.05, 4.69) is 31.0 Å². The number of hydrogen-bond donors (Lipinski definition) is 1. The molecule has 2 fully saturated rings. The highest BCUT2D eigenvalue weighted by molar-refractivity contribution is 5.93. The van der Waals surface area contributed by atoms with Gasteiger partial charge in [-0.3, -0.25) is 9.59 Å². The first kappa shape index (κ1) is 18.9. The zero-order chi connectivity index (χ0) is 18.7. The smallest absolute Gasteiger partial charge is 0.227 e. The first-order valence-electron chi connectivity index (χ1n) is 10.1. The number of likely N-dealkylation sites (tertiary alicyclic amines) is 1. The van der Waals surface area contributed by atoms with E-state index in [1.54, 1.807) is 0 Å². The first-order chi connectivity index (χ1) is 12.4. The summed E-state index contributed by atoms with van der Waals surface area (Å²) < 4.78 is 0. The predicted octanol–water partition coefficient (Wildman–Crippen LogP) is 4.31. The Morgan fingerprint density at radius 3 is 2.15 bits per heavy atom. The van der Waals surface area contributed by atoms with Crippen LogP contribution in [0.3, 0.4) is 0 Å². The molecule has 1 aromatic carbocycles. The predicted molar refractivity (Wildman–Crippen MR) is 105 cm³/mol. The summed E-state index contributed by atoms with van der Waals surface area (Å²) in [5.74, 6) is 1.32. The molecule has 142 valence electrons. The van der Waals surface area contributed by atoms with Crippen molar-refractivity contribution in [2.24, 2.45) is 17.8 Å². The van der Waals surface area contributed by atoms with E-state index in [-0.39, 0.29) is 17.7 Å². The first-order valence-corrected chi connectivity index (χ1v) is 10.1. The van der Waals surface area contributed by atoms with Crippen molar-refractivity contribution in [3.63, 3.8) is 0 Å². The van der Waals surface area contributed by atoms with E-state index in [0.717, 1.165) is 63.2 Å². The molecule has 2 amide bonds. The lowest BCUT2D eigenvalue weighted by atomic mass is 9.80. The summed E-state index contributed by atoms with van der Waals surface area (Å²) in [4.78, 5) is 27.3. The van der Waals surface area contributed by atoms with Crippen LogP contribution in [0.4, 0.5) is 5.69 Å². The van der Waals surface area contributed by atoms with Crippen LogP contribution in [0.15, 0.2) is 18.2 Å². The Bertz CT molecular complexity index is 654. The van der Waals surface area contributed by atoms with Crippen LogP contribution in [0.5, 0.6) is 0 Å². The molecule has 1 aromatic rings. The minimum absolute atomic E-state index is 0.0297.